The van der Waals surface area contributed by atoms with Crippen molar-refractivity contribution in [2.75, 3.05) is 16.8 Å². The second kappa shape index (κ2) is 7.09. The highest BCUT2D eigenvalue weighted by Gasteiger charge is 2.43. The number of hydrogen-bond donors (Lipinski definition) is 2. The van der Waals surface area contributed by atoms with E-state index in [0.29, 0.717) is 16.4 Å². The van der Waals surface area contributed by atoms with Gasteiger partial charge < -0.3 is 10.6 Å². The van der Waals surface area contributed by atoms with Crippen molar-refractivity contribution in [1.82, 2.24) is 5.32 Å². The third-order valence-electron chi connectivity index (χ3n) is 4.67. The molecule has 1 aliphatic rings. The number of benzene rings is 2. The van der Waals surface area contributed by atoms with Crippen LogP contribution in [0.4, 0.5) is 11.4 Å². The van der Waals surface area contributed by atoms with Crippen LogP contribution in [0.25, 0.3) is 0 Å². The highest BCUT2D eigenvalue weighted by atomic mass is 35.5. The Bertz CT molecular complexity index is 850. The molecule has 0 fully saturated rings. The predicted octanol–water partition coefficient (Wildman–Crippen LogP) is 3.75. The number of nitrogens with zero attached hydrogens (tertiary/aromatic N) is 1. The normalized spacial score (nSPS) is 16.6. The van der Waals surface area contributed by atoms with Gasteiger partial charge in [0.25, 0.3) is 0 Å². The van der Waals surface area contributed by atoms with Crippen molar-refractivity contribution in [2.24, 2.45) is 0 Å². The molecule has 3 rings (SSSR count). The third-order valence-corrected chi connectivity index (χ3v) is 4.90. The molecule has 1 aliphatic heterocycles. The first-order valence-electron chi connectivity index (χ1n) is 8.53. The number of fused-ring (bicyclic) bond motifs is 1. The summed E-state index contributed by atoms with van der Waals surface area (Å²) in [5.74, 6) is -0.362. The Morgan fingerprint density at radius 1 is 1.23 bits per heavy atom. The molecule has 0 bridgehead atoms. The molecule has 2 aromatic rings. The molecule has 5 nitrogen and oxygen atoms in total. The second-order valence-electron chi connectivity index (χ2n) is 6.92. The summed E-state index contributed by atoms with van der Waals surface area (Å²) < 4.78 is 0. The van der Waals surface area contributed by atoms with Crippen molar-refractivity contribution < 1.29 is 9.59 Å². The van der Waals surface area contributed by atoms with Crippen LogP contribution >= 0.6 is 11.6 Å². The van der Waals surface area contributed by atoms with Gasteiger partial charge in [-0.05, 0) is 50.6 Å². The van der Waals surface area contributed by atoms with Gasteiger partial charge in [-0.2, -0.15) is 0 Å². The van der Waals surface area contributed by atoms with Crippen molar-refractivity contribution in [3.8, 4) is 0 Å². The van der Waals surface area contributed by atoms with Gasteiger partial charge >= 0.3 is 0 Å². The summed E-state index contributed by atoms with van der Waals surface area (Å²) in [6.07, 6.45) is 0. The first-order valence-corrected chi connectivity index (χ1v) is 8.91. The SMILES string of the molecule is C[C@@H](NCC(=O)N1c2ccccc2NC(=O)C1(C)C)c1cccc(Cl)c1. The van der Waals surface area contributed by atoms with Crippen LogP contribution in [0.3, 0.4) is 0 Å². The van der Waals surface area contributed by atoms with Crippen LogP contribution in [-0.2, 0) is 9.59 Å². The summed E-state index contributed by atoms with van der Waals surface area (Å²) in [6.45, 7) is 5.58. The van der Waals surface area contributed by atoms with Crippen LogP contribution < -0.4 is 15.5 Å². The Morgan fingerprint density at radius 2 is 1.96 bits per heavy atom. The minimum Gasteiger partial charge on any atom is -0.322 e. The lowest BCUT2D eigenvalue weighted by molar-refractivity contribution is -0.126. The Hall–Kier alpha value is -2.37. The van der Waals surface area contributed by atoms with Crippen LogP contribution in [0.1, 0.15) is 32.4 Å². The standard InChI is InChI=1S/C20H22ClN3O2/c1-13(14-7-6-8-15(21)11-14)22-12-18(25)24-17-10-5-4-9-16(17)23-19(26)20(24,2)3/h4-11,13,22H,12H2,1-3H3,(H,23,26)/t13-/m1/s1. The number of anilines is 2. The summed E-state index contributed by atoms with van der Waals surface area (Å²) in [4.78, 5) is 27.0. The average Bonchev–Trinajstić information content (AvgIpc) is 2.60. The van der Waals surface area contributed by atoms with Gasteiger partial charge in [0.05, 0.1) is 17.9 Å². The van der Waals surface area contributed by atoms with Crippen molar-refractivity contribution in [2.45, 2.75) is 32.4 Å². The fourth-order valence-corrected chi connectivity index (χ4v) is 3.31. The molecule has 0 spiro atoms. The minimum atomic E-state index is -0.966. The summed E-state index contributed by atoms with van der Waals surface area (Å²) in [6, 6.07) is 14.8. The van der Waals surface area contributed by atoms with Crippen LogP contribution in [-0.4, -0.2) is 23.9 Å². The molecule has 0 saturated heterocycles. The molecule has 2 aromatic carbocycles. The largest absolute Gasteiger partial charge is 0.322 e. The van der Waals surface area contributed by atoms with Crippen molar-refractivity contribution in [3.63, 3.8) is 0 Å². The maximum atomic E-state index is 13.0. The van der Waals surface area contributed by atoms with E-state index in [9.17, 15) is 9.59 Å². The molecule has 0 saturated carbocycles. The van der Waals surface area contributed by atoms with E-state index in [0.717, 1.165) is 5.56 Å². The number of para-hydroxylation sites is 2. The molecule has 6 heteroatoms. The van der Waals surface area contributed by atoms with Gasteiger partial charge in [0.15, 0.2) is 0 Å². The molecular formula is C20H22ClN3O2. The van der Waals surface area contributed by atoms with Crippen LogP contribution in [0.15, 0.2) is 48.5 Å². The smallest absolute Gasteiger partial charge is 0.250 e. The number of amides is 2. The van der Waals surface area contributed by atoms with Crippen LogP contribution in [0.2, 0.25) is 5.02 Å². The zero-order chi connectivity index (χ0) is 18.9. The number of hydrogen-bond acceptors (Lipinski definition) is 3. The summed E-state index contributed by atoms with van der Waals surface area (Å²) in [7, 11) is 0. The molecule has 0 unspecified atom stereocenters. The lowest BCUT2D eigenvalue weighted by Crippen LogP contribution is -2.60. The van der Waals surface area contributed by atoms with E-state index >= 15 is 0 Å². The maximum absolute atomic E-state index is 13.0. The molecule has 136 valence electrons. The van der Waals surface area contributed by atoms with Gasteiger partial charge in [0, 0.05) is 11.1 Å². The quantitative estimate of drug-likeness (QED) is 0.860. The molecule has 1 atom stereocenters. The second-order valence-corrected chi connectivity index (χ2v) is 7.35. The third kappa shape index (κ3) is 3.45. The highest BCUT2D eigenvalue weighted by molar-refractivity contribution is 6.30. The fraction of sp³-hybridized carbons (Fsp3) is 0.300. The maximum Gasteiger partial charge on any atom is 0.250 e. The molecular weight excluding hydrogens is 350 g/mol. The lowest BCUT2D eigenvalue weighted by atomic mass is 9.96. The number of carbonyl (C=O) groups excluding carboxylic acids is 2. The summed E-state index contributed by atoms with van der Waals surface area (Å²) >= 11 is 6.04. The van der Waals surface area contributed by atoms with E-state index in [2.05, 4.69) is 10.6 Å². The summed E-state index contributed by atoms with van der Waals surface area (Å²) in [5.41, 5.74) is 1.39. The van der Waals surface area contributed by atoms with Gasteiger partial charge in [-0.25, -0.2) is 0 Å². The van der Waals surface area contributed by atoms with Gasteiger partial charge in [-0.3, -0.25) is 14.5 Å². The van der Waals surface area contributed by atoms with Gasteiger partial charge in [-0.1, -0.05) is 35.9 Å². The van der Waals surface area contributed by atoms with Gasteiger partial charge in [0.1, 0.15) is 5.54 Å². The molecule has 2 N–H and O–H groups in total. The molecule has 0 aliphatic carbocycles. The monoisotopic (exact) mass is 371 g/mol. The first kappa shape index (κ1) is 18.4. The highest BCUT2D eigenvalue weighted by Crippen LogP contribution is 2.36. The number of nitrogens with one attached hydrogen (secondary N) is 2. The molecule has 0 aromatic heterocycles. The van der Waals surface area contributed by atoms with Crippen molar-refractivity contribution in [1.29, 1.82) is 0 Å². The Labute approximate surface area is 158 Å². The molecule has 0 radical (unpaired) electrons. The lowest BCUT2D eigenvalue weighted by Gasteiger charge is -2.42. The van der Waals surface area contributed by atoms with E-state index in [1.807, 2.05) is 49.4 Å². The number of carbonyl (C=O) groups is 2. The van der Waals surface area contributed by atoms with E-state index in [4.69, 9.17) is 11.6 Å². The summed E-state index contributed by atoms with van der Waals surface area (Å²) in [5, 5.41) is 6.75. The zero-order valence-corrected chi connectivity index (χ0v) is 15.8. The fourth-order valence-electron chi connectivity index (χ4n) is 3.11. The Kier molecular flexibility index (Phi) is 5.03. The van der Waals surface area contributed by atoms with Crippen LogP contribution in [0.5, 0.6) is 0 Å². The molecule has 2 amide bonds. The Morgan fingerprint density at radius 3 is 2.69 bits per heavy atom. The topological polar surface area (TPSA) is 61.4 Å². The van der Waals surface area contributed by atoms with E-state index in [1.54, 1.807) is 24.8 Å². The average molecular weight is 372 g/mol. The first-order chi connectivity index (χ1) is 12.3. The molecule has 1 heterocycles. The number of rotatable bonds is 4. The predicted molar refractivity (Wildman–Crippen MR) is 105 cm³/mol. The zero-order valence-electron chi connectivity index (χ0n) is 15.0. The Balaban J connectivity index is 1.79. The number of halogens is 1. The van der Waals surface area contributed by atoms with Crippen LogP contribution in [0, 0.1) is 0 Å². The van der Waals surface area contributed by atoms with E-state index < -0.39 is 5.54 Å². The van der Waals surface area contributed by atoms with Gasteiger partial charge in [-0.15, -0.1) is 0 Å². The van der Waals surface area contributed by atoms with Gasteiger partial charge in [0.2, 0.25) is 11.8 Å². The van der Waals surface area contributed by atoms with Crippen molar-refractivity contribution in [3.05, 3.63) is 59.1 Å². The molecule has 26 heavy (non-hydrogen) atoms. The van der Waals surface area contributed by atoms with E-state index in [-0.39, 0.29) is 24.4 Å². The van der Waals surface area contributed by atoms with Crippen molar-refractivity contribution >= 4 is 34.8 Å². The minimum absolute atomic E-state index is 0.0466. The van der Waals surface area contributed by atoms with E-state index in [1.165, 1.54) is 0 Å².